The van der Waals surface area contributed by atoms with Gasteiger partial charge in [-0.1, -0.05) is 6.07 Å². The van der Waals surface area contributed by atoms with Crippen LogP contribution in [0.3, 0.4) is 0 Å². The number of carbonyl (C=O) groups excluding carboxylic acids is 1. The maximum atomic E-state index is 12.8. The van der Waals surface area contributed by atoms with Crippen LogP contribution in [-0.2, 0) is 26.0 Å². The number of sulfonamides is 1. The Morgan fingerprint density at radius 2 is 1.96 bits per heavy atom. The Morgan fingerprint density at radius 1 is 1.19 bits per heavy atom. The van der Waals surface area contributed by atoms with Crippen molar-refractivity contribution >= 4 is 15.9 Å². The van der Waals surface area contributed by atoms with E-state index in [4.69, 9.17) is 4.74 Å². The molecule has 3 heterocycles. The fraction of sp³-hybridized carbons (Fsp3) is 0.667. The number of carbonyl (C=O) groups is 1. The van der Waals surface area contributed by atoms with Crippen LogP contribution in [-0.4, -0.2) is 98.7 Å². The molecule has 0 bridgehead atoms. The van der Waals surface area contributed by atoms with Crippen LogP contribution in [0.15, 0.2) is 24.4 Å². The van der Waals surface area contributed by atoms with E-state index >= 15 is 0 Å². The van der Waals surface area contributed by atoms with Crippen molar-refractivity contribution in [3.63, 3.8) is 0 Å². The Labute approximate surface area is 161 Å². The lowest BCUT2D eigenvalue weighted by Crippen LogP contribution is -2.46. The van der Waals surface area contributed by atoms with Crippen LogP contribution in [0.25, 0.3) is 0 Å². The number of hydrogen-bond donors (Lipinski definition) is 0. The summed E-state index contributed by atoms with van der Waals surface area (Å²) in [6.45, 7) is 4.90. The van der Waals surface area contributed by atoms with Gasteiger partial charge in [-0.05, 0) is 24.5 Å². The summed E-state index contributed by atoms with van der Waals surface area (Å²) in [6, 6.07) is 5.72. The van der Waals surface area contributed by atoms with Crippen molar-refractivity contribution in [2.24, 2.45) is 5.92 Å². The molecule has 27 heavy (non-hydrogen) atoms. The molecule has 150 valence electrons. The van der Waals surface area contributed by atoms with Gasteiger partial charge < -0.3 is 9.64 Å². The largest absolute Gasteiger partial charge is 0.379 e. The maximum Gasteiger partial charge on any atom is 0.236 e. The highest BCUT2D eigenvalue weighted by Gasteiger charge is 2.30. The monoisotopic (exact) mass is 396 g/mol. The average molecular weight is 397 g/mol. The zero-order chi connectivity index (χ0) is 19.3. The van der Waals surface area contributed by atoms with E-state index in [0.29, 0.717) is 52.4 Å². The molecule has 3 rings (SSSR count). The van der Waals surface area contributed by atoms with Crippen LogP contribution >= 0.6 is 0 Å². The van der Waals surface area contributed by atoms with Crippen LogP contribution in [0.2, 0.25) is 0 Å². The Balaban J connectivity index is 1.69. The SMILES string of the molecule is CS(=O)(=O)N1CCN(C(=O)CN2CCOCC2)C[C@H](Cc2ccccn2)C1. The van der Waals surface area contributed by atoms with Crippen LogP contribution in [0.5, 0.6) is 0 Å². The number of ether oxygens (including phenoxy) is 1. The smallest absolute Gasteiger partial charge is 0.236 e. The zero-order valence-corrected chi connectivity index (χ0v) is 16.6. The minimum Gasteiger partial charge on any atom is -0.379 e. The van der Waals surface area contributed by atoms with Gasteiger partial charge in [-0.3, -0.25) is 14.7 Å². The van der Waals surface area contributed by atoms with Crippen molar-refractivity contribution in [1.82, 2.24) is 19.1 Å². The second-order valence-electron chi connectivity index (χ2n) is 7.24. The second kappa shape index (κ2) is 9.09. The molecule has 1 aromatic rings. The molecule has 1 aromatic heterocycles. The first kappa shape index (κ1) is 20.2. The molecule has 0 spiro atoms. The first-order valence-electron chi connectivity index (χ1n) is 9.35. The molecule has 0 unspecified atom stereocenters. The highest BCUT2D eigenvalue weighted by atomic mass is 32.2. The molecule has 8 nitrogen and oxygen atoms in total. The standard InChI is InChI=1S/C18H28N4O4S/c1-27(24,25)22-7-6-21(18(23)15-20-8-10-26-11-9-20)13-16(14-22)12-17-4-2-3-5-19-17/h2-5,16H,6-15H2,1H3/t16-/m0/s1. The molecule has 2 fully saturated rings. The Morgan fingerprint density at radius 3 is 2.63 bits per heavy atom. The highest BCUT2D eigenvalue weighted by Crippen LogP contribution is 2.17. The van der Waals surface area contributed by atoms with Crippen LogP contribution < -0.4 is 0 Å². The van der Waals surface area contributed by atoms with Crippen molar-refractivity contribution in [2.75, 3.05) is 65.3 Å². The molecule has 2 aliphatic rings. The summed E-state index contributed by atoms with van der Waals surface area (Å²) in [5, 5.41) is 0. The molecule has 0 saturated carbocycles. The van der Waals surface area contributed by atoms with Gasteiger partial charge in [-0.15, -0.1) is 0 Å². The summed E-state index contributed by atoms with van der Waals surface area (Å²) in [5.41, 5.74) is 0.915. The van der Waals surface area contributed by atoms with E-state index in [0.717, 1.165) is 18.8 Å². The first-order valence-corrected chi connectivity index (χ1v) is 11.2. The van der Waals surface area contributed by atoms with Crippen molar-refractivity contribution in [2.45, 2.75) is 6.42 Å². The third-order valence-corrected chi connectivity index (χ3v) is 6.34. The number of aromatic nitrogens is 1. The van der Waals surface area contributed by atoms with E-state index in [-0.39, 0.29) is 11.8 Å². The van der Waals surface area contributed by atoms with Gasteiger partial charge in [0.05, 0.1) is 26.0 Å². The minimum absolute atomic E-state index is 0.0192. The normalized spacial score (nSPS) is 23.1. The van der Waals surface area contributed by atoms with E-state index in [1.165, 1.54) is 10.6 Å². The first-order chi connectivity index (χ1) is 12.9. The molecule has 0 radical (unpaired) electrons. The minimum atomic E-state index is -3.30. The molecule has 0 aromatic carbocycles. The van der Waals surface area contributed by atoms with Crippen molar-refractivity contribution in [3.8, 4) is 0 Å². The van der Waals surface area contributed by atoms with E-state index in [9.17, 15) is 13.2 Å². The molecule has 2 saturated heterocycles. The Bertz CT molecular complexity index is 722. The number of hydrogen-bond acceptors (Lipinski definition) is 6. The molecule has 1 atom stereocenters. The third kappa shape index (κ3) is 5.97. The van der Waals surface area contributed by atoms with E-state index in [1.807, 2.05) is 23.1 Å². The number of morpholine rings is 1. The number of amides is 1. The van der Waals surface area contributed by atoms with Crippen molar-refractivity contribution in [1.29, 1.82) is 0 Å². The van der Waals surface area contributed by atoms with Crippen LogP contribution in [0.4, 0.5) is 0 Å². The molecule has 2 aliphatic heterocycles. The topological polar surface area (TPSA) is 83.1 Å². The molecule has 0 aliphatic carbocycles. The van der Waals surface area contributed by atoms with Crippen molar-refractivity contribution in [3.05, 3.63) is 30.1 Å². The zero-order valence-electron chi connectivity index (χ0n) is 15.8. The Hall–Kier alpha value is -1.55. The number of nitrogens with zero attached hydrogens (tertiary/aromatic N) is 4. The summed E-state index contributed by atoms with van der Waals surface area (Å²) in [7, 11) is -3.30. The number of pyridine rings is 1. The van der Waals surface area contributed by atoms with Gasteiger partial charge in [0.1, 0.15) is 0 Å². The van der Waals surface area contributed by atoms with Gasteiger partial charge in [-0.25, -0.2) is 12.7 Å². The molecular weight excluding hydrogens is 368 g/mol. The molecule has 0 N–H and O–H groups in total. The van der Waals surface area contributed by atoms with Gasteiger partial charge in [0, 0.05) is 51.2 Å². The quantitative estimate of drug-likeness (QED) is 0.678. The fourth-order valence-corrected chi connectivity index (χ4v) is 4.49. The summed E-state index contributed by atoms with van der Waals surface area (Å²) in [4.78, 5) is 21.1. The lowest BCUT2D eigenvalue weighted by atomic mass is 10.0. The number of rotatable bonds is 5. The summed E-state index contributed by atoms with van der Waals surface area (Å²) in [5.74, 6) is 0.0732. The highest BCUT2D eigenvalue weighted by molar-refractivity contribution is 7.88. The lowest BCUT2D eigenvalue weighted by Gasteiger charge is -2.30. The molecular formula is C18H28N4O4S. The predicted molar refractivity (Wildman–Crippen MR) is 102 cm³/mol. The van der Waals surface area contributed by atoms with Gasteiger partial charge in [-0.2, -0.15) is 0 Å². The van der Waals surface area contributed by atoms with Crippen LogP contribution in [0, 0.1) is 5.92 Å². The van der Waals surface area contributed by atoms with Gasteiger partial charge >= 0.3 is 0 Å². The maximum absolute atomic E-state index is 12.8. The summed E-state index contributed by atoms with van der Waals surface area (Å²) < 4.78 is 31.1. The Kier molecular flexibility index (Phi) is 6.80. The second-order valence-corrected chi connectivity index (χ2v) is 9.22. The van der Waals surface area contributed by atoms with Crippen LogP contribution in [0.1, 0.15) is 5.69 Å². The summed E-state index contributed by atoms with van der Waals surface area (Å²) in [6.07, 6.45) is 3.62. The molecule has 1 amide bonds. The van der Waals surface area contributed by atoms with Gasteiger partial charge in [0.2, 0.25) is 15.9 Å². The van der Waals surface area contributed by atoms with Gasteiger partial charge in [0.15, 0.2) is 0 Å². The predicted octanol–water partition coefficient (Wildman–Crippen LogP) is -0.324. The van der Waals surface area contributed by atoms with Crippen molar-refractivity contribution < 1.29 is 17.9 Å². The average Bonchev–Trinajstić information content (AvgIpc) is 2.86. The van der Waals surface area contributed by atoms with E-state index in [1.54, 1.807) is 6.20 Å². The lowest BCUT2D eigenvalue weighted by molar-refractivity contribution is -0.133. The van der Waals surface area contributed by atoms with E-state index in [2.05, 4.69) is 9.88 Å². The summed E-state index contributed by atoms with van der Waals surface area (Å²) >= 11 is 0. The third-order valence-electron chi connectivity index (χ3n) is 5.07. The van der Waals surface area contributed by atoms with Gasteiger partial charge in [0.25, 0.3) is 0 Å². The van der Waals surface area contributed by atoms with E-state index < -0.39 is 10.0 Å². The molecule has 9 heteroatoms. The fourth-order valence-electron chi connectivity index (χ4n) is 3.59.